The highest BCUT2D eigenvalue weighted by Crippen LogP contribution is 2.24. The number of hydrogen-bond donors (Lipinski definition) is 5. The monoisotopic (exact) mass is 396 g/mol. The molecule has 1 amide bonds. The highest BCUT2D eigenvalue weighted by molar-refractivity contribution is 6.33. The fourth-order valence-electron chi connectivity index (χ4n) is 2.77. The van der Waals surface area contributed by atoms with Gasteiger partial charge < -0.3 is 20.7 Å². The lowest BCUT2D eigenvalue weighted by atomic mass is 10.2. The molecule has 2 aromatic heterocycles. The molecule has 0 spiro atoms. The number of aliphatic hydroxyl groups is 1. The Morgan fingerprint density at radius 3 is 2.82 bits per heavy atom. The summed E-state index contributed by atoms with van der Waals surface area (Å²) in [5.74, 6) is 0.675. The minimum atomic E-state index is -0.335. The maximum Gasteiger partial charge on any atom is 0.256 e. The summed E-state index contributed by atoms with van der Waals surface area (Å²) >= 11 is 6.18. The van der Waals surface area contributed by atoms with Crippen LogP contribution in [0.1, 0.15) is 10.4 Å². The fraction of sp³-hybridized carbons (Fsp3) is 0.105. The van der Waals surface area contributed by atoms with Crippen LogP contribution in [0.5, 0.6) is 0 Å². The van der Waals surface area contributed by atoms with Crippen LogP contribution >= 0.6 is 11.6 Å². The largest absolute Gasteiger partial charge is 0.395 e. The lowest BCUT2D eigenvalue weighted by Crippen LogP contribution is -2.12. The minimum Gasteiger partial charge on any atom is -0.395 e. The van der Waals surface area contributed by atoms with Crippen molar-refractivity contribution >= 4 is 40.0 Å². The lowest BCUT2D eigenvalue weighted by Gasteiger charge is -2.08. The third-order valence-corrected chi connectivity index (χ3v) is 4.44. The van der Waals surface area contributed by atoms with Crippen LogP contribution in [0.15, 0.2) is 48.5 Å². The van der Waals surface area contributed by atoms with Gasteiger partial charge in [0.15, 0.2) is 11.6 Å². The number of benzene rings is 2. The molecule has 0 aliphatic heterocycles. The van der Waals surface area contributed by atoms with E-state index in [2.05, 4.69) is 30.8 Å². The number of halogens is 1. The van der Waals surface area contributed by atoms with Crippen molar-refractivity contribution in [3.05, 3.63) is 59.1 Å². The van der Waals surface area contributed by atoms with Crippen molar-refractivity contribution < 1.29 is 9.90 Å². The summed E-state index contributed by atoms with van der Waals surface area (Å²) in [7, 11) is 0. The summed E-state index contributed by atoms with van der Waals surface area (Å²) in [6, 6.07) is 14.3. The van der Waals surface area contributed by atoms with Gasteiger partial charge in [-0.2, -0.15) is 5.10 Å². The number of aliphatic hydroxyl groups excluding tert-OH is 1. The van der Waals surface area contributed by atoms with Crippen molar-refractivity contribution in [1.29, 1.82) is 0 Å². The van der Waals surface area contributed by atoms with Crippen molar-refractivity contribution in [2.45, 2.75) is 0 Å². The van der Waals surface area contributed by atoms with Crippen LogP contribution in [0.3, 0.4) is 0 Å². The maximum absolute atomic E-state index is 12.5. The van der Waals surface area contributed by atoms with Gasteiger partial charge in [0.2, 0.25) is 0 Å². The number of imidazole rings is 1. The van der Waals surface area contributed by atoms with E-state index in [0.717, 1.165) is 11.0 Å². The predicted molar refractivity (Wildman–Crippen MR) is 109 cm³/mol. The summed E-state index contributed by atoms with van der Waals surface area (Å²) in [6.07, 6.45) is 0. The van der Waals surface area contributed by atoms with Crippen LogP contribution in [0.25, 0.3) is 22.6 Å². The number of para-hydroxylation sites is 2. The van der Waals surface area contributed by atoms with E-state index in [1.807, 2.05) is 24.3 Å². The molecule has 0 atom stereocenters. The van der Waals surface area contributed by atoms with Crippen molar-refractivity contribution in [2.24, 2.45) is 0 Å². The van der Waals surface area contributed by atoms with Gasteiger partial charge in [0, 0.05) is 18.2 Å². The predicted octanol–water partition coefficient (Wildman–Crippen LogP) is 3.26. The zero-order valence-corrected chi connectivity index (χ0v) is 15.4. The first kappa shape index (κ1) is 18.0. The number of nitrogens with one attached hydrogen (secondary N) is 4. The first-order valence-corrected chi connectivity index (χ1v) is 8.98. The SMILES string of the molecule is O=C(Nc1cc(-c2nc3ccccc3[nH]2)[nH]n1)c1ccc(NCCO)c(Cl)c1. The molecule has 0 unspecified atom stereocenters. The number of anilines is 2. The maximum atomic E-state index is 12.5. The van der Waals surface area contributed by atoms with Gasteiger partial charge in [-0.15, -0.1) is 0 Å². The number of nitrogens with zero attached hydrogens (tertiary/aromatic N) is 2. The topological polar surface area (TPSA) is 119 Å². The van der Waals surface area contributed by atoms with Gasteiger partial charge in [-0.3, -0.25) is 9.89 Å². The number of carbonyl (C=O) groups is 1. The molecule has 0 aliphatic rings. The van der Waals surface area contributed by atoms with Crippen molar-refractivity contribution in [1.82, 2.24) is 20.2 Å². The van der Waals surface area contributed by atoms with Gasteiger partial charge in [0.05, 0.1) is 28.4 Å². The van der Waals surface area contributed by atoms with Gasteiger partial charge in [-0.25, -0.2) is 4.98 Å². The van der Waals surface area contributed by atoms with Crippen LogP contribution in [0, 0.1) is 0 Å². The number of amides is 1. The van der Waals surface area contributed by atoms with E-state index in [9.17, 15) is 4.79 Å². The van der Waals surface area contributed by atoms with Gasteiger partial charge in [-0.1, -0.05) is 23.7 Å². The molecule has 0 saturated carbocycles. The number of rotatable bonds is 6. The smallest absolute Gasteiger partial charge is 0.256 e. The average molecular weight is 397 g/mol. The summed E-state index contributed by atoms with van der Waals surface area (Å²) in [4.78, 5) is 20.2. The molecule has 0 aliphatic carbocycles. The molecule has 0 bridgehead atoms. The Labute approximate surface area is 165 Å². The highest BCUT2D eigenvalue weighted by atomic mass is 35.5. The molecular weight excluding hydrogens is 380 g/mol. The molecule has 0 saturated heterocycles. The van der Waals surface area contributed by atoms with Crippen LogP contribution in [0.4, 0.5) is 11.5 Å². The van der Waals surface area contributed by atoms with Crippen molar-refractivity contribution in [2.75, 3.05) is 23.8 Å². The number of H-pyrrole nitrogens is 2. The molecule has 0 fully saturated rings. The van der Waals surface area contributed by atoms with E-state index in [0.29, 0.717) is 40.2 Å². The Balaban J connectivity index is 1.49. The number of hydrogen-bond acceptors (Lipinski definition) is 5. The van der Waals surface area contributed by atoms with Gasteiger partial charge in [0.25, 0.3) is 5.91 Å². The Kier molecular flexibility index (Phi) is 4.96. The molecule has 2 aromatic carbocycles. The Morgan fingerprint density at radius 1 is 1.18 bits per heavy atom. The second-order valence-corrected chi connectivity index (χ2v) is 6.48. The third-order valence-electron chi connectivity index (χ3n) is 4.12. The number of aromatic nitrogens is 4. The fourth-order valence-corrected chi connectivity index (χ4v) is 3.01. The molecule has 28 heavy (non-hydrogen) atoms. The molecule has 4 rings (SSSR count). The molecule has 8 nitrogen and oxygen atoms in total. The van der Waals surface area contributed by atoms with Crippen LogP contribution in [-0.4, -0.2) is 44.3 Å². The number of carbonyl (C=O) groups excluding carboxylic acids is 1. The van der Waals surface area contributed by atoms with Gasteiger partial charge in [0.1, 0.15) is 5.69 Å². The van der Waals surface area contributed by atoms with E-state index < -0.39 is 0 Å². The molecule has 5 N–H and O–H groups in total. The first-order chi connectivity index (χ1) is 13.6. The van der Waals surface area contributed by atoms with Crippen LogP contribution in [-0.2, 0) is 0 Å². The lowest BCUT2D eigenvalue weighted by molar-refractivity contribution is 0.102. The zero-order valence-electron chi connectivity index (χ0n) is 14.7. The van der Waals surface area contributed by atoms with E-state index in [1.54, 1.807) is 24.3 Å². The zero-order chi connectivity index (χ0) is 19.5. The normalized spacial score (nSPS) is 10.9. The molecule has 0 radical (unpaired) electrons. The Hall–Kier alpha value is -3.36. The Morgan fingerprint density at radius 2 is 2.04 bits per heavy atom. The minimum absolute atomic E-state index is 0.00864. The second-order valence-electron chi connectivity index (χ2n) is 6.07. The molecule has 2 heterocycles. The summed E-state index contributed by atoms with van der Waals surface area (Å²) in [5, 5.41) is 21.9. The van der Waals surface area contributed by atoms with E-state index >= 15 is 0 Å². The first-order valence-electron chi connectivity index (χ1n) is 8.60. The van der Waals surface area contributed by atoms with E-state index in [-0.39, 0.29) is 12.5 Å². The van der Waals surface area contributed by atoms with E-state index in [4.69, 9.17) is 16.7 Å². The number of aromatic amines is 2. The highest BCUT2D eigenvalue weighted by Gasteiger charge is 2.13. The van der Waals surface area contributed by atoms with Crippen LogP contribution < -0.4 is 10.6 Å². The number of fused-ring (bicyclic) bond motifs is 1. The summed E-state index contributed by atoms with van der Waals surface area (Å²) in [6.45, 7) is 0.369. The summed E-state index contributed by atoms with van der Waals surface area (Å²) in [5.41, 5.74) is 3.48. The quantitative estimate of drug-likeness (QED) is 0.343. The standard InChI is InChI=1S/C19H17ClN6O2/c20-12-9-11(5-6-13(12)21-7-8-27)19(28)24-17-10-16(25-26-17)18-22-14-3-1-2-4-15(14)23-18/h1-6,9-10,21,27H,7-8H2,(H,22,23)(H2,24,25,26,28). The molecule has 4 aromatic rings. The third kappa shape index (κ3) is 3.68. The van der Waals surface area contributed by atoms with Gasteiger partial charge in [-0.05, 0) is 30.3 Å². The van der Waals surface area contributed by atoms with Gasteiger partial charge >= 0.3 is 0 Å². The Bertz CT molecular complexity index is 1100. The molecule has 142 valence electrons. The van der Waals surface area contributed by atoms with Crippen LogP contribution in [0.2, 0.25) is 5.02 Å². The average Bonchev–Trinajstić information content (AvgIpc) is 3.33. The summed E-state index contributed by atoms with van der Waals surface area (Å²) < 4.78 is 0. The van der Waals surface area contributed by atoms with Crippen molar-refractivity contribution in [3.8, 4) is 11.5 Å². The van der Waals surface area contributed by atoms with Crippen molar-refractivity contribution in [3.63, 3.8) is 0 Å². The molecular formula is C19H17ClN6O2. The molecule has 9 heteroatoms. The van der Waals surface area contributed by atoms with E-state index in [1.165, 1.54) is 0 Å². The second kappa shape index (κ2) is 7.71.